The molecular formula is C39H44FN5O5S. The van der Waals surface area contributed by atoms with E-state index in [0.717, 1.165) is 70.2 Å². The highest BCUT2D eigenvalue weighted by Crippen LogP contribution is 2.51. The lowest BCUT2D eigenvalue weighted by Gasteiger charge is -2.47. The Morgan fingerprint density at radius 3 is 2.41 bits per heavy atom. The van der Waals surface area contributed by atoms with Crippen molar-refractivity contribution in [2.75, 3.05) is 50.0 Å². The molecule has 3 aromatic rings. The maximum absolute atomic E-state index is 14.6. The van der Waals surface area contributed by atoms with Crippen molar-refractivity contribution in [3.63, 3.8) is 0 Å². The lowest BCUT2D eigenvalue weighted by molar-refractivity contribution is -0.111. The van der Waals surface area contributed by atoms with Gasteiger partial charge in [-0.25, -0.2) is 17.6 Å². The van der Waals surface area contributed by atoms with Crippen LogP contribution in [-0.2, 0) is 24.8 Å². The van der Waals surface area contributed by atoms with Crippen molar-refractivity contribution in [3.05, 3.63) is 96.8 Å². The van der Waals surface area contributed by atoms with Gasteiger partial charge in [0.1, 0.15) is 11.9 Å². The number of benzene rings is 3. The standard InChI is InChI=1S/C39H44FN5O5S/c1-3-37(46)43-31-9-5-10-34(22-31)51(48,49)33-15-13-32(14-16-33)45-24-27(25-45)23-44-19-17-28(18-20-44)39(26-41,29-7-4-8-30(40)21-29)35-11-6-12-36(35)50-38(47)42-2/h3-5,7-10,13-16,21-22,27-28,35-36H,1,6,11-12,17-20,23-25H2,2H3,(H,42,47)(H,43,46)/t35-,36-,39+/m0/s1. The van der Waals surface area contributed by atoms with Gasteiger partial charge in [-0.1, -0.05) is 24.8 Å². The first-order valence-corrected chi connectivity index (χ1v) is 19.0. The first kappa shape index (κ1) is 36.1. The minimum Gasteiger partial charge on any atom is -0.446 e. The van der Waals surface area contributed by atoms with Crippen LogP contribution in [0.1, 0.15) is 37.7 Å². The van der Waals surface area contributed by atoms with E-state index in [4.69, 9.17) is 4.74 Å². The van der Waals surface area contributed by atoms with Crippen molar-refractivity contribution in [2.45, 2.75) is 53.4 Å². The quantitative estimate of drug-likeness (QED) is 0.234. The molecule has 3 aliphatic rings. The molecule has 0 aromatic heterocycles. The maximum atomic E-state index is 14.6. The van der Waals surface area contributed by atoms with Gasteiger partial charge in [-0.15, -0.1) is 0 Å². The Kier molecular flexibility index (Phi) is 10.8. The van der Waals surface area contributed by atoms with E-state index in [1.165, 1.54) is 31.3 Å². The number of anilines is 2. The minimum absolute atomic E-state index is 0.0134. The molecule has 51 heavy (non-hydrogen) atoms. The number of nitriles is 1. The fourth-order valence-electron chi connectivity index (χ4n) is 8.26. The second-order valence-corrected chi connectivity index (χ2v) is 15.7. The topological polar surface area (TPSA) is 132 Å². The van der Waals surface area contributed by atoms with Crippen molar-refractivity contribution in [1.29, 1.82) is 5.26 Å². The van der Waals surface area contributed by atoms with Crippen molar-refractivity contribution in [1.82, 2.24) is 10.2 Å². The summed E-state index contributed by atoms with van der Waals surface area (Å²) >= 11 is 0. The number of nitrogens with zero attached hydrogens (tertiary/aromatic N) is 3. The molecule has 6 rings (SSSR count). The third kappa shape index (κ3) is 7.51. The number of amides is 2. The number of rotatable bonds is 11. The zero-order valence-electron chi connectivity index (χ0n) is 28.8. The smallest absolute Gasteiger partial charge is 0.407 e. The highest BCUT2D eigenvalue weighted by molar-refractivity contribution is 7.91. The van der Waals surface area contributed by atoms with Crippen LogP contribution in [0.4, 0.5) is 20.6 Å². The summed E-state index contributed by atoms with van der Waals surface area (Å²) in [6.45, 7) is 7.68. The van der Waals surface area contributed by atoms with Crippen LogP contribution in [0, 0.1) is 34.9 Å². The number of alkyl carbamates (subject to hydrolysis) is 1. The Hall–Kier alpha value is -4.73. The summed E-state index contributed by atoms with van der Waals surface area (Å²) in [7, 11) is -2.26. The van der Waals surface area contributed by atoms with Crippen LogP contribution in [0.25, 0.3) is 0 Å². The molecule has 2 N–H and O–H groups in total. The van der Waals surface area contributed by atoms with Crippen LogP contribution >= 0.6 is 0 Å². The normalized spacial score (nSPS) is 21.2. The van der Waals surface area contributed by atoms with Crippen molar-refractivity contribution in [3.8, 4) is 6.07 Å². The predicted molar refractivity (Wildman–Crippen MR) is 192 cm³/mol. The van der Waals surface area contributed by atoms with Gasteiger partial charge in [0.05, 0.1) is 21.3 Å². The summed E-state index contributed by atoms with van der Waals surface area (Å²) in [4.78, 5) is 28.8. The molecule has 1 aliphatic carbocycles. The third-order valence-corrected chi connectivity index (χ3v) is 12.6. The number of piperidine rings is 1. The summed E-state index contributed by atoms with van der Waals surface area (Å²) in [6, 6.07) is 22.1. The highest BCUT2D eigenvalue weighted by Gasteiger charge is 2.53. The molecule has 3 atom stereocenters. The molecule has 2 aliphatic heterocycles. The van der Waals surface area contributed by atoms with Gasteiger partial charge in [-0.05, 0) is 117 Å². The van der Waals surface area contributed by atoms with Gasteiger partial charge >= 0.3 is 6.09 Å². The Morgan fingerprint density at radius 2 is 1.75 bits per heavy atom. The average molecular weight is 714 g/mol. The molecular weight excluding hydrogens is 670 g/mol. The number of sulfone groups is 1. The molecule has 0 radical (unpaired) electrons. The van der Waals surface area contributed by atoms with E-state index in [-0.39, 0.29) is 27.4 Å². The number of nitrogens with one attached hydrogen (secondary N) is 2. The first-order chi connectivity index (χ1) is 24.6. The molecule has 0 spiro atoms. The van der Waals surface area contributed by atoms with Crippen LogP contribution in [0.15, 0.2) is 95.2 Å². The van der Waals surface area contributed by atoms with E-state index in [9.17, 15) is 27.7 Å². The maximum Gasteiger partial charge on any atom is 0.407 e. The molecule has 2 amide bonds. The minimum atomic E-state index is -3.78. The summed E-state index contributed by atoms with van der Waals surface area (Å²) in [5.74, 6) is -0.590. The number of hydrogen-bond donors (Lipinski definition) is 2. The molecule has 2 heterocycles. The molecule has 2 saturated heterocycles. The summed E-state index contributed by atoms with van der Waals surface area (Å²) in [6.07, 6.45) is 4.01. The summed E-state index contributed by atoms with van der Waals surface area (Å²) in [5, 5.41) is 16.0. The Bertz CT molecular complexity index is 1900. The van der Waals surface area contributed by atoms with Gasteiger partial charge in [0.15, 0.2) is 0 Å². The predicted octanol–water partition coefficient (Wildman–Crippen LogP) is 5.92. The molecule has 12 heteroatoms. The number of carbonyl (C=O) groups is 2. The SMILES string of the molecule is C=CC(=O)Nc1cccc(S(=O)(=O)c2ccc(N3CC(CN4CCC([C@](C#N)(c5cccc(F)c5)[C@H]5CCC[C@@H]5OC(=O)NC)CC4)C3)cc2)c1. The van der Waals surface area contributed by atoms with E-state index < -0.39 is 33.4 Å². The van der Waals surface area contributed by atoms with Crippen LogP contribution in [0.5, 0.6) is 0 Å². The number of carbonyl (C=O) groups excluding carboxylic acids is 2. The van der Waals surface area contributed by atoms with Gasteiger partial charge in [0.25, 0.3) is 0 Å². The van der Waals surface area contributed by atoms with E-state index >= 15 is 0 Å². The van der Waals surface area contributed by atoms with E-state index in [0.29, 0.717) is 23.6 Å². The van der Waals surface area contributed by atoms with Crippen LogP contribution in [0.2, 0.25) is 0 Å². The van der Waals surface area contributed by atoms with Crippen LogP contribution in [-0.4, -0.2) is 71.2 Å². The second kappa shape index (κ2) is 15.3. The second-order valence-electron chi connectivity index (χ2n) is 13.8. The fraction of sp³-hybridized carbons (Fsp3) is 0.410. The number of likely N-dealkylation sites (tertiary alicyclic amines) is 1. The zero-order valence-corrected chi connectivity index (χ0v) is 29.6. The van der Waals surface area contributed by atoms with Crippen molar-refractivity contribution < 1.29 is 27.1 Å². The van der Waals surface area contributed by atoms with Gasteiger partial charge in [0, 0.05) is 49.9 Å². The van der Waals surface area contributed by atoms with Gasteiger partial charge in [-0.3, -0.25) is 4.79 Å². The number of ether oxygens (including phenoxy) is 1. The van der Waals surface area contributed by atoms with E-state index in [1.54, 1.807) is 30.3 Å². The van der Waals surface area contributed by atoms with E-state index in [2.05, 4.69) is 33.1 Å². The first-order valence-electron chi connectivity index (χ1n) is 17.5. The summed E-state index contributed by atoms with van der Waals surface area (Å²) in [5.41, 5.74) is 1.02. The molecule has 1 saturated carbocycles. The van der Waals surface area contributed by atoms with Crippen LogP contribution < -0.4 is 15.5 Å². The molecule has 268 valence electrons. The molecule has 3 aromatic carbocycles. The van der Waals surface area contributed by atoms with Gasteiger partial charge < -0.3 is 25.2 Å². The lowest BCUT2D eigenvalue weighted by Crippen LogP contribution is -2.54. The Labute approximate surface area is 299 Å². The van der Waals surface area contributed by atoms with Crippen LogP contribution in [0.3, 0.4) is 0 Å². The van der Waals surface area contributed by atoms with Crippen molar-refractivity contribution in [2.24, 2.45) is 17.8 Å². The average Bonchev–Trinajstić information content (AvgIpc) is 3.59. The van der Waals surface area contributed by atoms with Crippen molar-refractivity contribution >= 4 is 33.2 Å². The van der Waals surface area contributed by atoms with Gasteiger partial charge in [-0.2, -0.15) is 5.26 Å². The van der Waals surface area contributed by atoms with Gasteiger partial charge in [0.2, 0.25) is 15.7 Å². The molecule has 3 fully saturated rings. The molecule has 10 nitrogen and oxygen atoms in total. The monoisotopic (exact) mass is 713 g/mol. The zero-order chi connectivity index (χ0) is 36.2. The number of hydrogen-bond acceptors (Lipinski definition) is 8. The fourth-order valence-corrected chi connectivity index (χ4v) is 9.57. The highest BCUT2D eigenvalue weighted by atomic mass is 32.2. The largest absolute Gasteiger partial charge is 0.446 e. The lowest BCUT2D eigenvalue weighted by atomic mass is 9.59. The van der Waals surface area contributed by atoms with E-state index in [1.807, 2.05) is 18.2 Å². The molecule has 0 bridgehead atoms. The molecule has 0 unspecified atom stereocenters. The Morgan fingerprint density at radius 1 is 1.02 bits per heavy atom. The Balaban J connectivity index is 1.06. The number of halogens is 1. The third-order valence-electron chi connectivity index (χ3n) is 10.8. The summed E-state index contributed by atoms with van der Waals surface area (Å²) < 4.78 is 47.0.